The van der Waals surface area contributed by atoms with Gasteiger partial charge in [0.2, 0.25) is 11.8 Å². The molecule has 0 aliphatic rings. The molecule has 122 valence electrons. The molecule has 0 unspecified atom stereocenters. The minimum Gasteiger partial charge on any atom is -0.356 e. The molecule has 0 atom stereocenters. The number of hydrogen-bond acceptors (Lipinski definition) is 2. The van der Waals surface area contributed by atoms with Crippen LogP contribution in [0.3, 0.4) is 0 Å². The first-order valence-corrected chi connectivity index (χ1v) is 7.94. The highest BCUT2D eigenvalue weighted by Crippen LogP contribution is 2.23. The number of carbonyl (C=O) groups is 2. The van der Waals surface area contributed by atoms with Gasteiger partial charge in [-0.25, -0.2) is 0 Å². The Balaban J connectivity index is 1.84. The van der Waals surface area contributed by atoms with Crippen molar-refractivity contribution in [1.29, 1.82) is 0 Å². The normalized spacial score (nSPS) is 11.3. The van der Waals surface area contributed by atoms with E-state index in [0.29, 0.717) is 19.4 Å². The van der Waals surface area contributed by atoms with Gasteiger partial charge in [-0.3, -0.25) is 9.59 Å². The van der Waals surface area contributed by atoms with Crippen LogP contribution in [0.25, 0.3) is 10.8 Å². The summed E-state index contributed by atoms with van der Waals surface area (Å²) < 4.78 is 0. The molecule has 2 aromatic rings. The van der Waals surface area contributed by atoms with Gasteiger partial charge in [0.05, 0.1) is 0 Å². The maximum Gasteiger partial charge on any atom is 0.225 e. The molecule has 0 aliphatic carbocycles. The zero-order chi connectivity index (χ0) is 16.9. The zero-order valence-corrected chi connectivity index (χ0v) is 14.0. The first-order valence-electron chi connectivity index (χ1n) is 7.94. The van der Waals surface area contributed by atoms with Crippen molar-refractivity contribution in [2.45, 2.75) is 33.6 Å². The lowest BCUT2D eigenvalue weighted by Gasteiger charge is -2.17. The largest absolute Gasteiger partial charge is 0.356 e. The van der Waals surface area contributed by atoms with Crippen LogP contribution in [0, 0.1) is 5.41 Å². The third-order valence-corrected chi connectivity index (χ3v) is 3.61. The molecule has 0 radical (unpaired) electrons. The second-order valence-electron chi connectivity index (χ2n) is 6.68. The van der Waals surface area contributed by atoms with Gasteiger partial charge in [-0.1, -0.05) is 57.2 Å². The fourth-order valence-corrected chi connectivity index (χ4v) is 2.26. The molecule has 0 aliphatic heterocycles. The summed E-state index contributed by atoms with van der Waals surface area (Å²) in [6.07, 6.45) is 1.01. The average molecular weight is 312 g/mol. The second kappa shape index (κ2) is 7.27. The molecular weight excluding hydrogens is 288 g/mol. The Hall–Kier alpha value is -2.36. The van der Waals surface area contributed by atoms with Crippen LogP contribution in [-0.4, -0.2) is 18.4 Å². The van der Waals surface area contributed by atoms with E-state index in [9.17, 15) is 9.59 Å². The Kier molecular flexibility index (Phi) is 5.37. The van der Waals surface area contributed by atoms with Gasteiger partial charge in [-0.2, -0.15) is 0 Å². The highest BCUT2D eigenvalue weighted by molar-refractivity contribution is 6.02. The molecule has 4 nitrogen and oxygen atoms in total. The lowest BCUT2D eigenvalue weighted by atomic mass is 9.96. The molecule has 23 heavy (non-hydrogen) atoms. The van der Waals surface area contributed by atoms with Gasteiger partial charge >= 0.3 is 0 Å². The minimum atomic E-state index is -0.398. The fraction of sp³-hybridized carbons (Fsp3) is 0.368. The number of amides is 2. The maximum absolute atomic E-state index is 12.1. The van der Waals surface area contributed by atoms with Crippen molar-refractivity contribution in [2.75, 3.05) is 11.9 Å². The van der Waals surface area contributed by atoms with E-state index >= 15 is 0 Å². The van der Waals surface area contributed by atoms with E-state index in [1.807, 2.05) is 63.2 Å². The van der Waals surface area contributed by atoms with E-state index in [2.05, 4.69) is 10.6 Å². The van der Waals surface area contributed by atoms with Crippen LogP contribution in [0.1, 0.15) is 33.6 Å². The zero-order valence-electron chi connectivity index (χ0n) is 14.0. The molecule has 0 bridgehead atoms. The predicted octanol–water partition coefficient (Wildman–Crippen LogP) is 3.72. The lowest BCUT2D eigenvalue weighted by molar-refractivity contribution is -0.128. The summed E-state index contributed by atoms with van der Waals surface area (Å²) in [6.45, 7) is 6.12. The van der Waals surface area contributed by atoms with E-state index in [4.69, 9.17) is 0 Å². The monoisotopic (exact) mass is 312 g/mol. The fourth-order valence-electron chi connectivity index (χ4n) is 2.26. The number of carbonyl (C=O) groups excluding carboxylic acids is 2. The van der Waals surface area contributed by atoms with Crippen molar-refractivity contribution >= 4 is 28.3 Å². The van der Waals surface area contributed by atoms with Gasteiger partial charge in [-0.05, 0) is 17.9 Å². The Bertz CT molecular complexity index is 697. The molecular formula is C19H24N2O2. The molecule has 2 N–H and O–H groups in total. The highest BCUT2D eigenvalue weighted by Gasteiger charge is 2.20. The molecule has 2 aromatic carbocycles. The summed E-state index contributed by atoms with van der Waals surface area (Å²) >= 11 is 0. The van der Waals surface area contributed by atoms with Gasteiger partial charge in [0.25, 0.3) is 0 Å². The van der Waals surface area contributed by atoms with Crippen molar-refractivity contribution in [2.24, 2.45) is 5.41 Å². The maximum atomic E-state index is 12.1. The van der Waals surface area contributed by atoms with Crippen LogP contribution in [-0.2, 0) is 9.59 Å². The van der Waals surface area contributed by atoms with Crippen LogP contribution in [0.4, 0.5) is 5.69 Å². The summed E-state index contributed by atoms with van der Waals surface area (Å²) in [4.78, 5) is 23.8. The summed E-state index contributed by atoms with van der Waals surface area (Å²) in [5.74, 6) is -0.0293. The smallest absolute Gasteiger partial charge is 0.225 e. The SMILES string of the molecule is CC(C)(C)C(=O)NCCCC(=O)Nc1cccc2ccccc12. The summed E-state index contributed by atoms with van der Waals surface area (Å²) in [6, 6.07) is 13.8. The summed E-state index contributed by atoms with van der Waals surface area (Å²) in [5, 5.41) is 7.94. The van der Waals surface area contributed by atoms with Gasteiger partial charge in [0.1, 0.15) is 0 Å². The number of hydrogen-bond donors (Lipinski definition) is 2. The molecule has 0 saturated carbocycles. The molecule has 0 aromatic heterocycles. The third kappa shape index (κ3) is 4.81. The van der Waals surface area contributed by atoms with Crippen molar-refractivity contribution in [3.8, 4) is 0 Å². The van der Waals surface area contributed by atoms with Crippen molar-refractivity contribution < 1.29 is 9.59 Å². The summed E-state index contributed by atoms with van der Waals surface area (Å²) in [5.41, 5.74) is 0.428. The number of nitrogens with one attached hydrogen (secondary N) is 2. The van der Waals surface area contributed by atoms with Crippen LogP contribution in [0.5, 0.6) is 0 Å². The molecule has 0 fully saturated rings. The highest BCUT2D eigenvalue weighted by atomic mass is 16.2. The summed E-state index contributed by atoms with van der Waals surface area (Å²) in [7, 11) is 0. The van der Waals surface area contributed by atoms with E-state index < -0.39 is 5.41 Å². The molecule has 0 heterocycles. The average Bonchev–Trinajstić information content (AvgIpc) is 2.51. The first kappa shape index (κ1) is 17.0. The first-order chi connectivity index (χ1) is 10.9. The van der Waals surface area contributed by atoms with Crippen LogP contribution < -0.4 is 10.6 Å². The lowest BCUT2D eigenvalue weighted by Crippen LogP contribution is -2.35. The van der Waals surface area contributed by atoms with Gasteiger partial charge < -0.3 is 10.6 Å². The number of rotatable bonds is 5. The van der Waals surface area contributed by atoms with E-state index in [0.717, 1.165) is 16.5 Å². The van der Waals surface area contributed by atoms with Crippen molar-refractivity contribution in [1.82, 2.24) is 5.32 Å². The molecule has 2 amide bonds. The number of anilines is 1. The van der Waals surface area contributed by atoms with Gasteiger partial charge in [-0.15, -0.1) is 0 Å². The van der Waals surface area contributed by atoms with E-state index in [1.54, 1.807) is 0 Å². The van der Waals surface area contributed by atoms with Crippen LogP contribution in [0.15, 0.2) is 42.5 Å². The van der Waals surface area contributed by atoms with E-state index in [1.165, 1.54) is 0 Å². The quantitative estimate of drug-likeness (QED) is 0.827. The van der Waals surface area contributed by atoms with Crippen molar-refractivity contribution in [3.05, 3.63) is 42.5 Å². The standard InChI is InChI=1S/C19H24N2O2/c1-19(2,3)18(23)20-13-7-12-17(22)21-16-11-6-9-14-8-4-5-10-15(14)16/h4-6,8-11H,7,12-13H2,1-3H3,(H,20,23)(H,21,22). The molecule has 2 rings (SSSR count). The van der Waals surface area contributed by atoms with Gasteiger partial charge in [0, 0.05) is 29.5 Å². The Morgan fingerprint density at radius 2 is 1.70 bits per heavy atom. The topological polar surface area (TPSA) is 58.2 Å². The minimum absolute atomic E-state index is 0.00645. The Labute approximate surface area is 137 Å². The molecule has 4 heteroatoms. The second-order valence-corrected chi connectivity index (χ2v) is 6.68. The van der Waals surface area contributed by atoms with E-state index in [-0.39, 0.29) is 11.8 Å². The Morgan fingerprint density at radius 1 is 1.00 bits per heavy atom. The van der Waals surface area contributed by atoms with Crippen LogP contribution in [0.2, 0.25) is 0 Å². The number of fused-ring (bicyclic) bond motifs is 1. The number of benzene rings is 2. The molecule has 0 spiro atoms. The Morgan fingerprint density at radius 3 is 2.43 bits per heavy atom. The molecule has 0 saturated heterocycles. The van der Waals surface area contributed by atoms with Crippen LogP contribution >= 0.6 is 0 Å². The van der Waals surface area contributed by atoms with Gasteiger partial charge in [0.15, 0.2) is 0 Å². The van der Waals surface area contributed by atoms with Crippen molar-refractivity contribution in [3.63, 3.8) is 0 Å². The predicted molar refractivity (Wildman–Crippen MR) is 94.3 cm³/mol. The third-order valence-electron chi connectivity index (χ3n) is 3.61.